The summed E-state index contributed by atoms with van der Waals surface area (Å²) in [5.41, 5.74) is -1.10. The van der Waals surface area contributed by atoms with E-state index in [1.54, 1.807) is 0 Å². The van der Waals surface area contributed by atoms with Crippen molar-refractivity contribution in [2.75, 3.05) is 26.2 Å². The number of nitrogens with one attached hydrogen (secondary N) is 1. The Bertz CT molecular complexity index is 457. The predicted octanol–water partition coefficient (Wildman–Crippen LogP) is 1.52. The summed E-state index contributed by atoms with van der Waals surface area (Å²) >= 11 is 0. The van der Waals surface area contributed by atoms with Gasteiger partial charge in [0.1, 0.15) is 17.1 Å². The molecule has 1 aliphatic heterocycles. The lowest BCUT2D eigenvalue weighted by atomic mass is 10.1. The highest BCUT2D eigenvalue weighted by atomic mass is 19.4. The van der Waals surface area contributed by atoms with Crippen molar-refractivity contribution in [2.24, 2.45) is 0 Å². The van der Waals surface area contributed by atoms with Crippen LogP contribution in [-0.2, 0) is 12.7 Å². The number of halogens is 3. The topological polar surface area (TPSA) is 55.7 Å². The minimum absolute atomic E-state index is 0.0919. The fourth-order valence-electron chi connectivity index (χ4n) is 2.12. The van der Waals surface area contributed by atoms with Crippen LogP contribution in [0.3, 0.4) is 0 Å². The zero-order chi connectivity index (χ0) is 14.0. The zero-order valence-corrected chi connectivity index (χ0v) is 10.2. The highest BCUT2D eigenvalue weighted by molar-refractivity contribution is 5.47. The van der Waals surface area contributed by atoms with Gasteiger partial charge in [-0.2, -0.15) is 13.2 Å². The molecule has 0 unspecified atom stereocenters. The van der Waals surface area contributed by atoms with Gasteiger partial charge in [-0.05, 0) is 12.1 Å². The Morgan fingerprint density at radius 3 is 2.37 bits per heavy atom. The lowest BCUT2D eigenvalue weighted by Crippen LogP contribution is -2.42. The minimum Gasteiger partial charge on any atom is -0.508 e. The first-order valence-electron chi connectivity index (χ1n) is 5.93. The smallest absolute Gasteiger partial charge is 0.420 e. The number of rotatable bonds is 2. The number of alkyl halides is 3. The molecular weight excluding hydrogens is 261 g/mol. The average Bonchev–Trinajstić information content (AvgIpc) is 2.33. The molecule has 1 fully saturated rings. The van der Waals surface area contributed by atoms with Crippen molar-refractivity contribution in [3.63, 3.8) is 0 Å². The Morgan fingerprint density at radius 2 is 1.79 bits per heavy atom. The van der Waals surface area contributed by atoms with Crippen LogP contribution < -0.4 is 5.32 Å². The number of nitrogens with zero attached hydrogens (tertiary/aromatic N) is 1. The molecule has 0 amide bonds. The molecule has 1 aromatic carbocycles. The van der Waals surface area contributed by atoms with Crippen LogP contribution in [0.25, 0.3) is 0 Å². The van der Waals surface area contributed by atoms with Crippen molar-refractivity contribution in [1.29, 1.82) is 0 Å². The number of piperazine rings is 1. The van der Waals surface area contributed by atoms with Crippen molar-refractivity contribution in [3.05, 3.63) is 23.3 Å². The second kappa shape index (κ2) is 5.26. The monoisotopic (exact) mass is 276 g/mol. The van der Waals surface area contributed by atoms with E-state index in [0.717, 1.165) is 13.1 Å². The Balaban J connectivity index is 2.27. The maximum atomic E-state index is 12.7. The number of phenolic OH excluding ortho intramolecular Hbond substituents is 2. The van der Waals surface area contributed by atoms with E-state index in [1.165, 1.54) is 6.07 Å². The first-order chi connectivity index (χ1) is 8.88. The van der Waals surface area contributed by atoms with Crippen molar-refractivity contribution in [2.45, 2.75) is 12.7 Å². The highest BCUT2D eigenvalue weighted by Crippen LogP contribution is 2.40. The van der Waals surface area contributed by atoms with Crippen LogP contribution in [0.15, 0.2) is 12.1 Å². The van der Waals surface area contributed by atoms with Crippen LogP contribution in [0.1, 0.15) is 11.1 Å². The molecule has 1 aromatic rings. The fourth-order valence-corrected chi connectivity index (χ4v) is 2.12. The first-order valence-corrected chi connectivity index (χ1v) is 5.93. The molecule has 1 saturated heterocycles. The fraction of sp³-hybridized carbons (Fsp3) is 0.500. The van der Waals surface area contributed by atoms with E-state index in [1.807, 2.05) is 4.90 Å². The largest absolute Gasteiger partial charge is 0.508 e. The van der Waals surface area contributed by atoms with Crippen molar-refractivity contribution in [1.82, 2.24) is 10.2 Å². The van der Waals surface area contributed by atoms with Crippen molar-refractivity contribution in [3.8, 4) is 11.5 Å². The summed E-state index contributed by atoms with van der Waals surface area (Å²) < 4.78 is 38.1. The Labute approximate surface area is 108 Å². The van der Waals surface area contributed by atoms with Gasteiger partial charge < -0.3 is 15.5 Å². The van der Waals surface area contributed by atoms with Gasteiger partial charge in [0.2, 0.25) is 0 Å². The van der Waals surface area contributed by atoms with Crippen LogP contribution in [-0.4, -0.2) is 41.3 Å². The molecule has 0 spiro atoms. The molecule has 0 saturated carbocycles. The SMILES string of the molecule is Oc1cc(CN2CCNCC2)c(O)c(C(F)(F)F)c1. The van der Waals surface area contributed by atoms with Crippen molar-refractivity contribution < 1.29 is 23.4 Å². The Morgan fingerprint density at radius 1 is 1.16 bits per heavy atom. The van der Waals surface area contributed by atoms with E-state index in [-0.39, 0.29) is 12.1 Å². The second-order valence-corrected chi connectivity index (χ2v) is 4.52. The van der Waals surface area contributed by atoms with E-state index in [4.69, 9.17) is 0 Å². The van der Waals surface area contributed by atoms with Gasteiger partial charge in [-0.1, -0.05) is 0 Å². The van der Waals surface area contributed by atoms with Crippen LogP contribution in [0.5, 0.6) is 11.5 Å². The lowest BCUT2D eigenvalue weighted by Gasteiger charge is -2.27. The van der Waals surface area contributed by atoms with Gasteiger partial charge in [-0.3, -0.25) is 4.90 Å². The summed E-state index contributed by atoms with van der Waals surface area (Å²) in [5, 5.41) is 22.2. The molecule has 7 heteroatoms. The molecule has 106 valence electrons. The summed E-state index contributed by atoms with van der Waals surface area (Å²) in [4.78, 5) is 1.92. The standard InChI is InChI=1S/C12H15F3N2O2/c13-12(14,15)10-6-9(18)5-8(11(10)19)7-17-3-1-16-2-4-17/h5-6,16,18-19H,1-4,7H2. The van der Waals surface area contributed by atoms with Crippen LogP contribution >= 0.6 is 0 Å². The molecular formula is C12H15F3N2O2. The normalized spacial score (nSPS) is 17.6. The quantitative estimate of drug-likeness (QED) is 0.717. The molecule has 1 heterocycles. The first kappa shape index (κ1) is 14.0. The molecule has 0 atom stereocenters. The van der Waals surface area contributed by atoms with Crippen LogP contribution in [0.2, 0.25) is 0 Å². The summed E-state index contributed by atoms with van der Waals surface area (Å²) in [7, 11) is 0. The molecule has 0 radical (unpaired) electrons. The molecule has 1 aliphatic rings. The van der Waals surface area contributed by atoms with Gasteiger partial charge in [0, 0.05) is 38.3 Å². The zero-order valence-electron chi connectivity index (χ0n) is 10.2. The minimum atomic E-state index is -4.68. The molecule has 4 nitrogen and oxygen atoms in total. The van der Waals surface area contributed by atoms with Gasteiger partial charge >= 0.3 is 6.18 Å². The van der Waals surface area contributed by atoms with Crippen LogP contribution in [0, 0.1) is 0 Å². The maximum Gasteiger partial charge on any atom is 0.420 e. The molecule has 0 aliphatic carbocycles. The van der Waals surface area contributed by atoms with E-state index in [0.29, 0.717) is 19.2 Å². The van der Waals surface area contributed by atoms with E-state index >= 15 is 0 Å². The molecule has 3 N–H and O–H groups in total. The van der Waals surface area contributed by atoms with Crippen LogP contribution in [0.4, 0.5) is 13.2 Å². The summed E-state index contributed by atoms with van der Waals surface area (Å²) in [6, 6.07) is 1.71. The summed E-state index contributed by atoms with van der Waals surface area (Å²) in [6.45, 7) is 3.08. The molecule has 2 rings (SSSR count). The third-order valence-electron chi connectivity index (χ3n) is 3.08. The molecule has 0 bridgehead atoms. The number of hydrogen-bond acceptors (Lipinski definition) is 4. The predicted molar refractivity (Wildman–Crippen MR) is 62.9 cm³/mol. The number of phenols is 2. The van der Waals surface area contributed by atoms with Crippen molar-refractivity contribution >= 4 is 0 Å². The Hall–Kier alpha value is -1.47. The van der Waals surface area contributed by atoms with E-state index < -0.39 is 23.2 Å². The van der Waals surface area contributed by atoms with Gasteiger partial charge in [0.25, 0.3) is 0 Å². The summed E-state index contributed by atoms with van der Waals surface area (Å²) in [5.74, 6) is -1.29. The second-order valence-electron chi connectivity index (χ2n) is 4.52. The van der Waals surface area contributed by atoms with E-state index in [9.17, 15) is 23.4 Å². The van der Waals surface area contributed by atoms with Gasteiger partial charge in [-0.15, -0.1) is 0 Å². The van der Waals surface area contributed by atoms with Gasteiger partial charge in [0.05, 0.1) is 0 Å². The van der Waals surface area contributed by atoms with Gasteiger partial charge in [-0.25, -0.2) is 0 Å². The third-order valence-corrected chi connectivity index (χ3v) is 3.08. The Kier molecular flexibility index (Phi) is 3.86. The number of hydrogen-bond donors (Lipinski definition) is 3. The lowest BCUT2D eigenvalue weighted by molar-refractivity contribution is -0.139. The maximum absolute atomic E-state index is 12.7. The molecule has 0 aromatic heterocycles. The third kappa shape index (κ3) is 3.30. The molecule has 19 heavy (non-hydrogen) atoms. The highest BCUT2D eigenvalue weighted by Gasteiger charge is 2.35. The average molecular weight is 276 g/mol. The van der Waals surface area contributed by atoms with Gasteiger partial charge in [0.15, 0.2) is 0 Å². The number of aromatic hydroxyl groups is 2. The number of benzene rings is 1. The summed E-state index contributed by atoms with van der Waals surface area (Å²) in [6.07, 6.45) is -4.68. The van der Waals surface area contributed by atoms with E-state index in [2.05, 4.69) is 5.32 Å².